The number of anilines is 3. The Morgan fingerprint density at radius 1 is 1.16 bits per heavy atom. The molecule has 0 saturated heterocycles. The summed E-state index contributed by atoms with van der Waals surface area (Å²) in [5.41, 5.74) is -0.123. The van der Waals surface area contributed by atoms with Crippen LogP contribution in [0.15, 0.2) is 41.7 Å². The van der Waals surface area contributed by atoms with Crippen molar-refractivity contribution in [3.05, 3.63) is 42.2 Å². The minimum atomic E-state index is -4.79. The molecule has 0 aromatic carbocycles. The molecule has 2 N–H and O–H groups in total. The maximum atomic E-state index is 13.3. The molecule has 0 aliphatic rings. The van der Waals surface area contributed by atoms with Gasteiger partial charge in [-0.25, -0.2) is 18.4 Å². The van der Waals surface area contributed by atoms with Crippen LogP contribution in [-0.4, -0.2) is 40.3 Å². The molecule has 3 heterocycles. The second-order valence-corrected chi connectivity index (χ2v) is 8.61. The number of amides is 1. The number of nitrogens with one attached hydrogen (secondary N) is 2. The van der Waals surface area contributed by atoms with Crippen molar-refractivity contribution in [2.24, 2.45) is 7.05 Å². The lowest BCUT2D eigenvalue weighted by atomic mass is 10.1. The van der Waals surface area contributed by atoms with Crippen LogP contribution in [0.2, 0.25) is 0 Å². The number of pyridine rings is 2. The molecule has 0 aliphatic carbocycles. The number of hydrogen-bond acceptors (Lipinski definition) is 7. The Morgan fingerprint density at radius 3 is 2.42 bits per heavy atom. The van der Waals surface area contributed by atoms with Crippen LogP contribution >= 0.6 is 0 Å². The van der Waals surface area contributed by atoms with Crippen molar-refractivity contribution < 1.29 is 26.4 Å². The van der Waals surface area contributed by atoms with E-state index in [4.69, 9.17) is 0 Å². The summed E-state index contributed by atoms with van der Waals surface area (Å²) < 4.78 is 65.2. The Morgan fingerprint density at radius 2 is 1.87 bits per heavy atom. The quantitative estimate of drug-likeness (QED) is 0.608. The van der Waals surface area contributed by atoms with Gasteiger partial charge in [0.2, 0.25) is 5.91 Å². The molecule has 31 heavy (non-hydrogen) atoms. The first-order chi connectivity index (χ1) is 14.3. The molecule has 0 radical (unpaired) electrons. The lowest BCUT2D eigenvalue weighted by molar-refractivity contribution is -0.137. The molecule has 0 bridgehead atoms. The van der Waals surface area contributed by atoms with Gasteiger partial charge < -0.3 is 10.6 Å². The van der Waals surface area contributed by atoms with Gasteiger partial charge >= 0.3 is 6.18 Å². The number of sulfone groups is 1. The summed E-state index contributed by atoms with van der Waals surface area (Å²) in [7, 11) is -2.34. The average molecular weight is 454 g/mol. The molecule has 3 aromatic rings. The smallest absolute Gasteiger partial charge is 0.339 e. The molecule has 0 spiro atoms. The highest BCUT2D eigenvalue weighted by atomic mass is 32.2. The Kier molecular flexibility index (Phi) is 5.72. The maximum Gasteiger partial charge on any atom is 0.416 e. The number of carbonyl (C=O) groups excluding carboxylic acids is 1. The molecule has 0 aliphatic heterocycles. The van der Waals surface area contributed by atoms with Crippen molar-refractivity contribution >= 4 is 33.1 Å². The minimum absolute atomic E-state index is 0.130. The minimum Gasteiger partial charge on any atom is -0.339 e. The van der Waals surface area contributed by atoms with E-state index in [0.29, 0.717) is 23.4 Å². The summed E-state index contributed by atoms with van der Waals surface area (Å²) in [5.74, 6) is -0.627. The molecule has 0 saturated carbocycles. The van der Waals surface area contributed by atoms with Gasteiger partial charge in [-0.1, -0.05) is 0 Å². The SMILES string of the molecule is CC(=O)Nc1cc(Nc2cc(C(F)(F)F)cc(S(C)(=O)=O)n2)c(-c2ccn(C)n2)cn1. The lowest BCUT2D eigenvalue weighted by Crippen LogP contribution is -2.11. The molecular weight excluding hydrogens is 437 g/mol. The molecular formula is C18H17F3N6O3S. The number of carbonyl (C=O) groups is 1. The lowest BCUT2D eigenvalue weighted by Gasteiger charge is -2.15. The fraction of sp³-hybridized carbons (Fsp3) is 0.222. The van der Waals surface area contributed by atoms with Crippen LogP contribution in [0.1, 0.15) is 12.5 Å². The van der Waals surface area contributed by atoms with Crippen LogP contribution in [0.4, 0.5) is 30.5 Å². The van der Waals surface area contributed by atoms with E-state index in [1.807, 2.05) is 0 Å². The van der Waals surface area contributed by atoms with Crippen molar-refractivity contribution in [2.75, 3.05) is 16.9 Å². The maximum absolute atomic E-state index is 13.3. The first kappa shape index (κ1) is 22.2. The summed E-state index contributed by atoms with van der Waals surface area (Å²) in [6, 6.07) is 4.19. The van der Waals surface area contributed by atoms with Gasteiger partial charge in [0, 0.05) is 44.3 Å². The zero-order chi connectivity index (χ0) is 23.0. The van der Waals surface area contributed by atoms with Gasteiger partial charge in [-0.15, -0.1) is 0 Å². The third-order valence-corrected chi connectivity index (χ3v) is 4.94. The molecule has 13 heteroatoms. The highest BCUT2D eigenvalue weighted by molar-refractivity contribution is 7.90. The highest BCUT2D eigenvalue weighted by Gasteiger charge is 2.33. The average Bonchev–Trinajstić information content (AvgIpc) is 3.06. The van der Waals surface area contributed by atoms with E-state index in [-0.39, 0.29) is 17.3 Å². The number of hydrogen-bond donors (Lipinski definition) is 2. The Bertz CT molecular complexity index is 1250. The van der Waals surface area contributed by atoms with Crippen molar-refractivity contribution in [1.82, 2.24) is 19.7 Å². The third kappa shape index (κ3) is 5.36. The Labute approximate surface area is 175 Å². The molecule has 164 valence electrons. The van der Waals surface area contributed by atoms with Crippen molar-refractivity contribution in [3.63, 3.8) is 0 Å². The van der Waals surface area contributed by atoms with Gasteiger partial charge in [-0.2, -0.15) is 18.3 Å². The van der Waals surface area contributed by atoms with Gasteiger partial charge in [-0.3, -0.25) is 9.48 Å². The fourth-order valence-electron chi connectivity index (χ4n) is 2.63. The van der Waals surface area contributed by atoms with Crippen molar-refractivity contribution in [2.45, 2.75) is 18.1 Å². The summed E-state index contributed by atoms with van der Waals surface area (Å²) in [4.78, 5) is 19.3. The van der Waals surface area contributed by atoms with Crippen LogP contribution in [0.5, 0.6) is 0 Å². The number of alkyl halides is 3. The third-order valence-electron chi connectivity index (χ3n) is 3.97. The standard InChI is InChI=1S/C18H17F3N6O3S/c1-10(28)23-15-8-14(12(9-22-15)13-4-5-27(2)26-13)24-16-6-11(18(19,20)21)7-17(25-16)31(3,29)30/h4-9H,1-3H3,(H2,22,23,24,25,28). The van der Waals surface area contributed by atoms with Gasteiger partial charge in [0.25, 0.3) is 0 Å². The van der Waals surface area contributed by atoms with Crippen LogP contribution in [-0.2, 0) is 27.9 Å². The molecule has 0 unspecified atom stereocenters. The Hall–Kier alpha value is -3.48. The zero-order valence-electron chi connectivity index (χ0n) is 16.5. The van der Waals surface area contributed by atoms with E-state index in [0.717, 1.165) is 6.26 Å². The van der Waals surface area contributed by atoms with Crippen molar-refractivity contribution in [1.29, 1.82) is 0 Å². The van der Waals surface area contributed by atoms with Gasteiger partial charge in [0.15, 0.2) is 14.9 Å². The Balaban J connectivity index is 2.15. The largest absolute Gasteiger partial charge is 0.416 e. The molecule has 3 rings (SSSR count). The van der Waals surface area contributed by atoms with Crippen LogP contribution in [0.25, 0.3) is 11.3 Å². The van der Waals surface area contributed by atoms with E-state index in [1.54, 1.807) is 19.3 Å². The first-order valence-corrected chi connectivity index (χ1v) is 10.6. The first-order valence-electron chi connectivity index (χ1n) is 8.67. The number of aryl methyl sites for hydroxylation is 1. The van der Waals surface area contributed by atoms with Crippen LogP contribution in [0.3, 0.4) is 0 Å². The number of halogens is 3. The van der Waals surface area contributed by atoms with Gasteiger partial charge in [0.1, 0.15) is 11.6 Å². The van der Waals surface area contributed by atoms with E-state index in [1.165, 1.54) is 23.9 Å². The van der Waals surface area contributed by atoms with Gasteiger partial charge in [-0.05, 0) is 18.2 Å². The normalized spacial score (nSPS) is 11.9. The van der Waals surface area contributed by atoms with Crippen LogP contribution in [0, 0.1) is 0 Å². The van der Waals surface area contributed by atoms with E-state index in [2.05, 4.69) is 25.7 Å². The topological polar surface area (TPSA) is 119 Å². The monoisotopic (exact) mass is 454 g/mol. The van der Waals surface area contributed by atoms with Gasteiger partial charge in [0.05, 0.1) is 16.9 Å². The van der Waals surface area contributed by atoms with E-state index in [9.17, 15) is 26.4 Å². The predicted molar refractivity (Wildman–Crippen MR) is 106 cm³/mol. The number of aromatic nitrogens is 4. The highest BCUT2D eigenvalue weighted by Crippen LogP contribution is 2.34. The van der Waals surface area contributed by atoms with E-state index >= 15 is 0 Å². The second kappa shape index (κ2) is 7.98. The zero-order valence-corrected chi connectivity index (χ0v) is 17.3. The molecule has 9 nitrogen and oxygen atoms in total. The summed E-state index contributed by atoms with van der Waals surface area (Å²) in [6.07, 6.45) is -0.992. The number of nitrogens with zero attached hydrogens (tertiary/aromatic N) is 4. The van der Waals surface area contributed by atoms with Crippen molar-refractivity contribution in [3.8, 4) is 11.3 Å². The summed E-state index contributed by atoms with van der Waals surface area (Å²) >= 11 is 0. The number of rotatable bonds is 5. The summed E-state index contributed by atoms with van der Waals surface area (Å²) in [6.45, 7) is 1.27. The molecule has 0 atom stereocenters. The molecule has 1 amide bonds. The molecule has 3 aromatic heterocycles. The predicted octanol–water partition coefficient (Wildman–Crippen LogP) is 3.00. The second-order valence-electron chi connectivity index (χ2n) is 6.65. The van der Waals surface area contributed by atoms with E-state index < -0.39 is 32.5 Å². The fourth-order valence-corrected chi connectivity index (χ4v) is 3.24. The molecule has 0 fully saturated rings. The summed E-state index contributed by atoms with van der Waals surface area (Å²) in [5, 5.41) is 8.68. The van der Waals surface area contributed by atoms with Crippen LogP contribution < -0.4 is 10.6 Å².